The molecule has 0 bridgehead atoms. The van der Waals surface area contributed by atoms with E-state index in [9.17, 15) is 4.79 Å². The van der Waals surface area contributed by atoms with Crippen LogP contribution in [0.15, 0.2) is 22.8 Å². The molecule has 1 aromatic heterocycles. The van der Waals surface area contributed by atoms with Crippen molar-refractivity contribution in [2.45, 2.75) is 18.9 Å². The first kappa shape index (κ1) is 12.1. The van der Waals surface area contributed by atoms with E-state index in [4.69, 9.17) is 14.9 Å². The molecule has 0 saturated carbocycles. The summed E-state index contributed by atoms with van der Waals surface area (Å²) < 4.78 is 10.7. The molecule has 17 heavy (non-hydrogen) atoms. The number of ether oxygens (including phenoxy) is 1. The number of nitrogens with zero attached hydrogens (tertiary/aromatic N) is 1. The van der Waals surface area contributed by atoms with Gasteiger partial charge in [-0.25, -0.2) is 0 Å². The van der Waals surface area contributed by atoms with Gasteiger partial charge >= 0.3 is 0 Å². The lowest BCUT2D eigenvalue weighted by Gasteiger charge is -2.31. The summed E-state index contributed by atoms with van der Waals surface area (Å²) in [4.78, 5) is 13.8. The number of piperidine rings is 1. The standard InChI is InChI=1S/C12H18N2O3/c13-5-9-16-10-3-6-14(7-4-10)12(15)11-2-1-8-17-11/h1-2,8,10H,3-7,9,13H2. The van der Waals surface area contributed by atoms with Crippen LogP contribution in [0.5, 0.6) is 0 Å². The Morgan fingerprint density at radius 3 is 2.88 bits per heavy atom. The molecule has 1 aromatic rings. The zero-order valence-corrected chi connectivity index (χ0v) is 9.80. The lowest BCUT2D eigenvalue weighted by Crippen LogP contribution is -2.41. The van der Waals surface area contributed by atoms with Crippen LogP contribution in [0.2, 0.25) is 0 Å². The summed E-state index contributed by atoms with van der Waals surface area (Å²) in [5, 5.41) is 0. The zero-order chi connectivity index (χ0) is 12.1. The lowest BCUT2D eigenvalue weighted by atomic mass is 10.1. The Hall–Kier alpha value is -1.33. The molecule has 0 spiro atoms. The normalized spacial score (nSPS) is 17.4. The van der Waals surface area contributed by atoms with Gasteiger partial charge in [0.15, 0.2) is 5.76 Å². The molecule has 1 aliphatic heterocycles. The number of hydrogen-bond donors (Lipinski definition) is 1. The molecular weight excluding hydrogens is 220 g/mol. The van der Waals surface area contributed by atoms with E-state index in [-0.39, 0.29) is 12.0 Å². The number of carbonyl (C=O) groups is 1. The SMILES string of the molecule is NCCOC1CCN(C(=O)c2ccco2)CC1. The van der Waals surface area contributed by atoms with Crippen molar-refractivity contribution in [3.63, 3.8) is 0 Å². The highest BCUT2D eigenvalue weighted by atomic mass is 16.5. The molecule has 0 atom stereocenters. The molecule has 0 aliphatic carbocycles. The fourth-order valence-corrected chi connectivity index (χ4v) is 2.02. The minimum Gasteiger partial charge on any atom is -0.459 e. The van der Waals surface area contributed by atoms with Gasteiger partial charge in [0.1, 0.15) is 0 Å². The fraction of sp³-hybridized carbons (Fsp3) is 0.583. The predicted molar refractivity (Wildman–Crippen MR) is 62.6 cm³/mol. The topological polar surface area (TPSA) is 68.7 Å². The van der Waals surface area contributed by atoms with E-state index in [0.717, 1.165) is 25.9 Å². The van der Waals surface area contributed by atoms with Crippen LogP contribution in [0.3, 0.4) is 0 Å². The van der Waals surface area contributed by atoms with Gasteiger partial charge in [0.05, 0.1) is 19.0 Å². The van der Waals surface area contributed by atoms with Crippen molar-refractivity contribution >= 4 is 5.91 Å². The van der Waals surface area contributed by atoms with E-state index in [1.807, 2.05) is 0 Å². The van der Waals surface area contributed by atoms with Crippen LogP contribution in [-0.2, 0) is 4.74 Å². The van der Waals surface area contributed by atoms with Crippen LogP contribution in [0.1, 0.15) is 23.4 Å². The minimum absolute atomic E-state index is 0.0349. The predicted octanol–water partition coefficient (Wildman–Crippen LogP) is 0.859. The largest absolute Gasteiger partial charge is 0.459 e. The van der Waals surface area contributed by atoms with Gasteiger partial charge in [-0.1, -0.05) is 0 Å². The van der Waals surface area contributed by atoms with Gasteiger partial charge in [0.25, 0.3) is 5.91 Å². The quantitative estimate of drug-likeness (QED) is 0.844. The second-order valence-electron chi connectivity index (χ2n) is 4.13. The van der Waals surface area contributed by atoms with Gasteiger partial charge in [-0.2, -0.15) is 0 Å². The highest BCUT2D eigenvalue weighted by Gasteiger charge is 2.24. The van der Waals surface area contributed by atoms with Crippen molar-refractivity contribution in [2.24, 2.45) is 5.73 Å². The third-order valence-corrected chi connectivity index (χ3v) is 2.93. The molecule has 0 aromatic carbocycles. The first-order chi connectivity index (χ1) is 8.31. The first-order valence-electron chi connectivity index (χ1n) is 5.95. The van der Waals surface area contributed by atoms with E-state index in [2.05, 4.69) is 0 Å². The molecule has 0 unspecified atom stereocenters. The molecule has 1 amide bonds. The number of nitrogens with two attached hydrogens (primary N) is 1. The van der Waals surface area contributed by atoms with Crippen molar-refractivity contribution in [3.05, 3.63) is 24.2 Å². The molecular formula is C12H18N2O3. The van der Waals surface area contributed by atoms with Gasteiger partial charge in [-0.15, -0.1) is 0 Å². The van der Waals surface area contributed by atoms with Crippen LogP contribution in [0, 0.1) is 0 Å². The first-order valence-corrected chi connectivity index (χ1v) is 5.95. The Balaban J connectivity index is 1.81. The van der Waals surface area contributed by atoms with Crippen LogP contribution in [0.4, 0.5) is 0 Å². The number of hydrogen-bond acceptors (Lipinski definition) is 4. The second kappa shape index (κ2) is 5.84. The number of rotatable bonds is 4. The van der Waals surface area contributed by atoms with E-state index < -0.39 is 0 Å². The smallest absolute Gasteiger partial charge is 0.289 e. The average Bonchev–Trinajstić information content (AvgIpc) is 2.90. The van der Waals surface area contributed by atoms with Crippen molar-refractivity contribution < 1.29 is 13.9 Å². The molecule has 1 fully saturated rings. The minimum atomic E-state index is -0.0349. The summed E-state index contributed by atoms with van der Waals surface area (Å²) >= 11 is 0. The molecule has 94 valence electrons. The molecule has 0 radical (unpaired) electrons. The van der Waals surface area contributed by atoms with Crippen LogP contribution >= 0.6 is 0 Å². The molecule has 1 aliphatic rings. The molecule has 5 nitrogen and oxygen atoms in total. The van der Waals surface area contributed by atoms with E-state index in [0.29, 0.717) is 18.9 Å². The zero-order valence-electron chi connectivity index (χ0n) is 9.80. The monoisotopic (exact) mass is 238 g/mol. The number of furan rings is 1. The van der Waals surface area contributed by atoms with E-state index in [1.165, 1.54) is 6.26 Å². The summed E-state index contributed by atoms with van der Waals surface area (Å²) in [6.07, 6.45) is 3.49. The van der Waals surface area contributed by atoms with Gasteiger partial charge < -0.3 is 19.8 Å². The van der Waals surface area contributed by atoms with Crippen molar-refractivity contribution in [3.8, 4) is 0 Å². The maximum atomic E-state index is 12.0. The highest BCUT2D eigenvalue weighted by Crippen LogP contribution is 2.16. The molecule has 2 heterocycles. The number of carbonyl (C=O) groups excluding carboxylic acids is 1. The van der Waals surface area contributed by atoms with Crippen LogP contribution < -0.4 is 5.73 Å². The van der Waals surface area contributed by atoms with Crippen molar-refractivity contribution in [2.75, 3.05) is 26.2 Å². The Kier molecular flexibility index (Phi) is 4.17. The molecule has 2 N–H and O–H groups in total. The van der Waals surface area contributed by atoms with E-state index >= 15 is 0 Å². The van der Waals surface area contributed by atoms with Crippen LogP contribution in [0.25, 0.3) is 0 Å². The average molecular weight is 238 g/mol. The maximum Gasteiger partial charge on any atom is 0.289 e. The Morgan fingerprint density at radius 2 is 2.29 bits per heavy atom. The highest BCUT2D eigenvalue weighted by molar-refractivity contribution is 5.91. The van der Waals surface area contributed by atoms with Gasteiger partial charge in [-0.3, -0.25) is 4.79 Å². The summed E-state index contributed by atoms with van der Waals surface area (Å²) in [5.41, 5.74) is 5.38. The van der Waals surface area contributed by atoms with E-state index in [1.54, 1.807) is 17.0 Å². The molecule has 1 saturated heterocycles. The Bertz CT molecular complexity index is 343. The van der Waals surface area contributed by atoms with Gasteiger partial charge in [-0.05, 0) is 25.0 Å². The second-order valence-corrected chi connectivity index (χ2v) is 4.13. The number of likely N-dealkylation sites (tertiary alicyclic amines) is 1. The number of amides is 1. The summed E-state index contributed by atoms with van der Waals surface area (Å²) in [7, 11) is 0. The summed E-state index contributed by atoms with van der Waals surface area (Å²) in [6, 6.07) is 3.42. The Labute approximate surface area is 101 Å². The summed E-state index contributed by atoms with van der Waals surface area (Å²) in [5.74, 6) is 0.374. The lowest BCUT2D eigenvalue weighted by molar-refractivity contribution is 0.0113. The van der Waals surface area contributed by atoms with Gasteiger partial charge in [0, 0.05) is 19.6 Å². The Morgan fingerprint density at radius 1 is 1.53 bits per heavy atom. The third-order valence-electron chi connectivity index (χ3n) is 2.93. The van der Waals surface area contributed by atoms with Gasteiger partial charge in [0.2, 0.25) is 0 Å². The fourth-order valence-electron chi connectivity index (χ4n) is 2.02. The van der Waals surface area contributed by atoms with Crippen molar-refractivity contribution in [1.82, 2.24) is 4.90 Å². The maximum absolute atomic E-state index is 12.0. The van der Waals surface area contributed by atoms with Crippen molar-refractivity contribution in [1.29, 1.82) is 0 Å². The summed E-state index contributed by atoms with van der Waals surface area (Å²) in [6.45, 7) is 2.58. The van der Waals surface area contributed by atoms with Crippen LogP contribution in [-0.4, -0.2) is 43.2 Å². The third kappa shape index (κ3) is 3.08. The molecule has 5 heteroatoms. The molecule has 2 rings (SSSR count).